The molecule has 8 nitrogen and oxygen atoms in total. The minimum atomic E-state index is -0.432. The van der Waals surface area contributed by atoms with Crippen LogP contribution in [-0.4, -0.2) is 38.2 Å². The van der Waals surface area contributed by atoms with Crippen LogP contribution in [0.15, 0.2) is 65.2 Å². The second-order valence-electron chi connectivity index (χ2n) is 6.90. The minimum Gasteiger partial charge on any atom is -0.459 e. The van der Waals surface area contributed by atoms with Crippen LogP contribution >= 0.6 is 12.2 Å². The standard InChI is InChI=1S/C21H20N4O4S/c26-13-3-12-24-20(19(23-21(24)30)16-4-1-2-11-22-16)18-10-9-17(29-18)14-5-7-15(8-6-14)25(27)28/h1-2,4-11,19-20,26H,3,12-13H2,(H,23,30)/t19-,20-/m0/s1. The summed E-state index contributed by atoms with van der Waals surface area (Å²) < 4.78 is 6.16. The van der Waals surface area contributed by atoms with Crippen LogP contribution in [0.1, 0.15) is 30.0 Å². The van der Waals surface area contributed by atoms with E-state index in [-0.39, 0.29) is 24.4 Å². The molecule has 4 rings (SSSR count). The minimum absolute atomic E-state index is 0.0289. The molecule has 0 spiro atoms. The lowest BCUT2D eigenvalue weighted by atomic mass is 10.0. The molecule has 3 aromatic rings. The van der Waals surface area contributed by atoms with Gasteiger partial charge in [-0.15, -0.1) is 0 Å². The van der Waals surface area contributed by atoms with Crippen molar-refractivity contribution in [3.63, 3.8) is 0 Å². The molecule has 0 unspecified atom stereocenters. The Morgan fingerprint density at radius 1 is 1.20 bits per heavy atom. The molecule has 3 heterocycles. The predicted octanol–water partition coefficient (Wildman–Crippen LogP) is 3.60. The number of aliphatic hydroxyl groups excluding tert-OH is 1. The summed E-state index contributed by atoms with van der Waals surface area (Å²) in [6.45, 7) is 0.635. The van der Waals surface area contributed by atoms with E-state index < -0.39 is 4.92 Å². The maximum Gasteiger partial charge on any atom is 0.269 e. The molecule has 9 heteroatoms. The first-order chi connectivity index (χ1) is 14.6. The molecule has 0 radical (unpaired) electrons. The second-order valence-corrected chi connectivity index (χ2v) is 7.29. The van der Waals surface area contributed by atoms with E-state index in [9.17, 15) is 15.2 Å². The zero-order valence-corrected chi connectivity index (χ0v) is 16.8. The molecular formula is C21H20N4O4S. The predicted molar refractivity (Wildman–Crippen MR) is 115 cm³/mol. The number of rotatable bonds is 7. The number of benzene rings is 1. The fourth-order valence-electron chi connectivity index (χ4n) is 3.61. The highest BCUT2D eigenvalue weighted by Gasteiger charge is 2.41. The molecule has 0 amide bonds. The van der Waals surface area contributed by atoms with E-state index in [1.165, 1.54) is 12.1 Å². The third-order valence-electron chi connectivity index (χ3n) is 5.04. The van der Waals surface area contributed by atoms with Crippen molar-refractivity contribution in [3.8, 4) is 11.3 Å². The zero-order chi connectivity index (χ0) is 21.1. The van der Waals surface area contributed by atoms with Crippen LogP contribution in [0.2, 0.25) is 0 Å². The highest BCUT2D eigenvalue weighted by Crippen LogP contribution is 2.40. The van der Waals surface area contributed by atoms with E-state index in [1.807, 2.05) is 35.2 Å². The third-order valence-corrected chi connectivity index (χ3v) is 5.39. The van der Waals surface area contributed by atoms with E-state index in [4.69, 9.17) is 16.6 Å². The van der Waals surface area contributed by atoms with Crippen molar-refractivity contribution < 1.29 is 14.4 Å². The van der Waals surface area contributed by atoms with E-state index in [0.717, 1.165) is 11.3 Å². The molecule has 1 fully saturated rings. The lowest BCUT2D eigenvalue weighted by Gasteiger charge is -2.25. The lowest BCUT2D eigenvalue weighted by molar-refractivity contribution is -0.384. The van der Waals surface area contributed by atoms with Crippen molar-refractivity contribution >= 4 is 23.0 Å². The van der Waals surface area contributed by atoms with Gasteiger partial charge in [-0.1, -0.05) is 6.07 Å². The van der Waals surface area contributed by atoms with Gasteiger partial charge >= 0.3 is 0 Å². The molecule has 2 N–H and O–H groups in total. The molecular weight excluding hydrogens is 404 g/mol. The summed E-state index contributed by atoms with van der Waals surface area (Å²) in [6, 6.07) is 15.2. The summed E-state index contributed by atoms with van der Waals surface area (Å²) in [4.78, 5) is 16.9. The fraction of sp³-hybridized carbons (Fsp3) is 0.238. The number of hydrogen-bond donors (Lipinski definition) is 2. The topological polar surface area (TPSA) is 105 Å². The van der Waals surface area contributed by atoms with Crippen molar-refractivity contribution in [3.05, 3.63) is 82.4 Å². The Morgan fingerprint density at radius 2 is 2.00 bits per heavy atom. The molecule has 0 bridgehead atoms. The smallest absolute Gasteiger partial charge is 0.269 e. The summed E-state index contributed by atoms with van der Waals surface area (Å²) in [5, 5.41) is 24.1. The molecule has 1 aliphatic rings. The van der Waals surface area contributed by atoms with Crippen LogP contribution in [0.5, 0.6) is 0 Å². The van der Waals surface area contributed by atoms with Crippen LogP contribution in [0, 0.1) is 10.1 Å². The van der Waals surface area contributed by atoms with E-state index >= 15 is 0 Å². The van der Waals surface area contributed by atoms with Crippen LogP contribution in [0.3, 0.4) is 0 Å². The summed E-state index contributed by atoms with van der Waals surface area (Å²) in [7, 11) is 0. The van der Waals surface area contributed by atoms with Gasteiger partial charge in [-0.2, -0.15) is 0 Å². The number of nitrogens with zero attached hydrogens (tertiary/aromatic N) is 3. The number of aromatic nitrogens is 1. The van der Waals surface area contributed by atoms with Gasteiger partial charge in [0, 0.05) is 37.0 Å². The Labute approximate surface area is 178 Å². The summed E-state index contributed by atoms with van der Waals surface area (Å²) >= 11 is 5.55. The molecule has 0 saturated carbocycles. The Hall–Kier alpha value is -3.30. The van der Waals surface area contributed by atoms with Crippen LogP contribution < -0.4 is 5.32 Å². The number of nitro groups is 1. The van der Waals surface area contributed by atoms with Gasteiger partial charge in [0.2, 0.25) is 0 Å². The van der Waals surface area contributed by atoms with Gasteiger partial charge < -0.3 is 19.7 Å². The SMILES string of the molecule is O=[N+]([O-])c1ccc(-c2ccc([C@H]3[C@H](c4ccccn4)NC(=S)N3CCCO)o2)cc1. The second kappa shape index (κ2) is 8.60. The summed E-state index contributed by atoms with van der Waals surface area (Å²) in [5.74, 6) is 1.31. The average Bonchev–Trinajstić information content (AvgIpc) is 3.37. The molecule has 1 aromatic carbocycles. The zero-order valence-electron chi connectivity index (χ0n) is 16.0. The quantitative estimate of drug-likeness (QED) is 0.337. The Kier molecular flexibility index (Phi) is 5.73. The van der Waals surface area contributed by atoms with Gasteiger partial charge in [0.05, 0.1) is 16.7 Å². The molecule has 1 aliphatic heterocycles. The maximum atomic E-state index is 10.9. The molecule has 1 saturated heterocycles. The number of pyridine rings is 1. The number of hydrogen-bond acceptors (Lipinski definition) is 6. The maximum absolute atomic E-state index is 10.9. The molecule has 30 heavy (non-hydrogen) atoms. The van der Waals surface area contributed by atoms with Gasteiger partial charge in [0.1, 0.15) is 17.6 Å². The van der Waals surface area contributed by atoms with Crippen molar-refractivity contribution in [2.24, 2.45) is 0 Å². The first-order valence-electron chi connectivity index (χ1n) is 9.52. The fourth-order valence-corrected chi connectivity index (χ4v) is 3.94. The number of nitro benzene ring substituents is 1. The van der Waals surface area contributed by atoms with Gasteiger partial charge in [0.25, 0.3) is 5.69 Å². The Bertz CT molecular complexity index is 1040. The first kappa shape index (κ1) is 20.0. The third kappa shape index (κ3) is 3.89. The number of non-ortho nitro benzene ring substituents is 1. The lowest BCUT2D eigenvalue weighted by Crippen LogP contribution is -2.30. The molecule has 2 atom stereocenters. The van der Waals surface area contributed by atoms with Gasteiger partial charge in [-0.25, -0.2) is 0 Å². The molecule has 2 aromatic heterocycles. The Balaban J connectivity index is 1.67. The Morgan fingerprint density at radius 3 is 2.67 bits per heavy atom. The first-order valence-corrected chi connectivity index (χ1v) is 9.93. The van der Waals surface area contributed by atoms with Crippen molar-refractivity contribution in [2.75, 3.05) is 13.2 Å². The van der Waals surface area contributed by atoms with Gasteiger partial charge in [0.15, 0.2) is 5.11 Å². The van der Waals surface area contributed by atoms with Crippen LogP contribution in [-0.2, 0) is 0 Å². The van der Waals surface area contributed by atoms with Crippen molar-refractivity contribution in [2.45, 2.75) is 18.5 Å². The van der Waals surface area contributed by atoms with E-state index in [0.29, 0.717) is 29.6 Å². The number of furan rings is 1. The molecule has 154 valence electrons. The van der Waals surface area contributed by atoms with Crippen molar-refractivity contribution in [1.29, 1.82) is 0 Å². The monoisotopic (exact) mass is 424 g/mol. The summed E-state index contributed by atoms with van der Waals surface area (Å²) in [6.07, 6.45) is 2.31. The van der Waals surface area contributed by atoms with Crippen LogP contribution in [0.4, 0.5) is 5.69 Å². The normalized spacial score (nSPS) is 18.4. The van der Waals surface area contributed by atoms with Gasteiger partial charge in [-0.05, 0) is 55.0 Å². The van der Waals surface area contributed by atoms with E-state index in [1.54, 1.807) is 18.3 Å². The largest absolute Gasteiger partial charge is 0.459 e. The van der Waals surface area contributed by atoms with E-state index in [2.05, 4.69) is 10.3 Å². The highest BCUT2D eigenvalue weighted by atomic mass is 32.1. The average molecular weight is 424 g/mol. The number of thiocarbonyl (C=S) groups is 1. The molecule has 0 aliphatic carbocycles. The van der Waals surface area contributed by atoms with Gasteiger partial charge in [-0.3, -0.25) is 15.1 Å². The van der Waals surface area contributed by atoms with Crippen molar-refractivity contribution in [1.82, 2.24) is 15.2 Å². The highest BCUT2D eigenvalue weighted by molar-refractivity contribution is 7.80. The van der Waals surface area contributed by atoms with Crippen LogP contribution in [0.25, 0.3) is 11.3 Å². The summed E-state index contributed by atoms with van der Waals surface area (Å²) in [5.41, 5.74) is 1.61. The number of nitrogens with one attached hydrogen (secondary N) is 1. The number of aliphatic hydroxyl groups is 1.